The van der Waals surface area contributed by atoms with Gasteiger partial charge < -0.3 is 5.73 Å². The number of aromatic nitrogens is 4. The van der Waals surface area contributed by atoms with Crippen LogP contribution < -0.4 is 5.73 Å². The van der Waals surface area contributed by atoms with E-state index in [1.807, 2.05) is 24.3 Å². The molecule has 3 rings (SSSR count). The molecular weight excluding hydrogens is 269 g/mol. The Hall–Kier alpha value is -2.21. The van der Waals surface area contributed by atoms with Gasteiger partial charge in [0.05, 0.1) is 11.0 Å². The normalized spacial score (nSPS) is 11.1. The lowest BCUT2D eigenvalue weighted by Crippen LogP contribution is -2.07. The number of benzene rings is 1. The van der Waals surface area contributed by atoms with Gasteiger partial charge in [0, 0.05) is 0 Å². The summed E-state index contributed by atoms with van der Waals surface area (Å²) in [6.45, 7) is 1.78. The van der Waals surface area contributed by atoms with Crippen LogP contribution >= 0.6 is 11.6 Å². The number of hydrogen-bond acceptors (Lipinski definition) is 4. The van der Waals surface area contributed by atoms with Crippen LogP contribution in [-0.4, -0.2) is 19.5 Å². The van der Waals surface area contributed by atoms with Crippen LogP contribution in [0.1, 0.15) is 5.82 Å². The fourth-order valence-electron chi connectivity index (χ4n) is 1.99. The maximum atomic E-state index is 13.3. The van der Waals surface area contributed by atoms with Gasteiger partial charge in [0.25, 0.3) is 0 Å². The molecule has 2 N–H and O–H groups in total. The Morgan fingerprint density at radius 3 is 2.74 bits per heavy atom. The summed E-state index contributed by atoms with van der Waals surface area (Å²) < 4.78 is 15.0. The number of nitrogens with zero attached hydrogens (tertiary/aromatic N) is 4. The summed E-state index contributed by atoms with van der Waals surface area (Å²) in [5.41, 5.74) is 7.11. The molecule has 96 valence electrons. The summed E-state index contributed by atoms with van der Waals surface area (Å²) in [6, 6.07) is 7.43. The van der Waals surface area contributed by atoms with Crippen molar-refractivity contribution >= 4 is 28.5 Å². The molecule has 0 aliphatic carbocycles. The summed E-state index contributed by atoms with van der Waals surface area (Å²) in [5.74, 6) is 0.736. The minimum atomic E-state index is -0.922. The average Bonchev–Trinajstić information content (AvgIpc) is 2.70. The summed E-state index contributed by atoms with van der Waals surface area (Å²) in [6.07, 6.45) is -0.922. The highest BCUT2D eigenvalue weighted by atomic mass is 35.5. The van der Waals surface area contributed by atoms with Gasteiger partial charge in [0.15, 0.2) is 11.6 Å². The topological polar surface area (TPSA) is 69.6 Å². The van der Waals surface area contributed by atoms with Crippen LogP contribution in [0.4, 0.5) is 10.2 Å². The first-order valence-electron chi connectivity index (χ1n) is 5.51. The molecule has 0 spiro atoms. The predicted octanol–water partition coefficient (Wildman–Crippen LogP) is 2.50. The zero-order valence-corrected chi connectivity index (χ0v) is 10.7. The molecule has 0 atom stereocenters. The maximum Gasteiger partial charge on any atom is 0.312 e. The minimum absolute atomic E-state index is 0.0960. The first-order chi connectivity index (χ1) is 9.08. The SMILES string of the molecule is Cc1nc2ccccc2n1-c1nc(F)nc(N)c1Cl. The number of para-hydroxylation sites is 2. The van der Waals surface area contributed by atoms with E-state index in [0.717, 1.165) is 11.0 Å². The van der Waals surface area contributed by atoms with Gasteiger partial charge in [-0.2, -0.15) is 14.4 Å². The summed E-state index contributed by atoms with van der Waals surface area (Å²) >= 11 is 6.06. The lowest BCUT2D eigenvalue weighted by Gasteiger charge is -2.09. The lowest BCUT2D eigenvalue weighted by molar-refractivity contribution is 0.538. The monoisotopic (exact) mass is 277 g/mol. The number of nitrogen functional groups attached to an aromatic ring is 1. The smallest absolute Gasteiger partial charge is 0.312 e. The average molecular weight is 278 g/mol. The second kappa shape index (κ2) is 4.17. The van der Waals surface area contributed by atoms with Crippen molar-refractivity contribution in [2.75, 3.05) is 5.73 Å². The number of imidazole rings is 1. The summed E-state index contributed by atoms with van der Waals surface area (Å²) in [4.78, 5) is 11.5. The number of fused-ring (bicyclic) bond motifs is 1. The number of hydrogen-bond donors (Lipinski definition) is 1. The third-order valence-electron chi connectivity index (χ3n) is 2.77. The Morgan fingerprint density at radius 2 is 1.95 bits per heavy atom. The van der Waals surface area contributed by atoms with Crippen molar-refractivity contribution in [3.63, 3.8) is 0 Å². The lowest BCUT2D eigenvalue weighted by atomic mass is 10.3. The van der Waals surface area contributed by atoms with E-state index >= 15 is 0 Å². The third-order valence-corrected chi connectivity index (χ3v) is 3.14. The van der Waals surface area contributed by atoms with Gasteiger partial charge in [-0.25, -0.2) is 4.98 Å². The van der Waals surface area contributed by atoms with Gasteiger partial charge in [-0.3, -0.25) is 4.57 Å². The number of aryl methyl sites for hydroxylation is 1. The molecule has 2 heterocycles. The van der Waals surface area contributed by atoms with Gasteiger partial charge in [0.1, 0.15) is 10.8 Å². The molecule has 19 heavy (non-hydrogen) atoms. The first kappa shape index (κ1) is 11.9. The molecule has 0 bridgehead atoms. The van der Waals surface area contributed by atoms with Crippen LogP contribution in [0.5, 0.6) is 0 Å². The molecule has 2 aromatic heterocycles. The van der Waals surface area contributed by atoms with Crippen LogP contribution in [0.15, 0.2) is 24.3 Å². The van der Waals surface area contributed by atoms with E-state index in [1.54, 1.807) is 11.5 Å². The van der Waals surface area contributed by atoms with Crippen LogP contribution in [-0.2, 0) is 0 Å². The van der Waals surface area contributed by atoms with Crippen molar-refractivity contribution in [1.82, 2.24) is 19.5 Å². The van der Waals surface area contributed by atoms with Crippen molar-refractivity contribution < 1.29 is 4.39 Å². The molecule has 5 nitrogen and oxygen atoms in total. The number of anilines is 1. The Balaban J connectivity index is 2.39. The molecule has 0 saturated carbocycles. The van der Waals surface area contributed by atoms with Crippen LogP contribution in [0, 0.1) is 13.0 Å². The Labute approximate surface area is 112 Å². The van der Waals surface area contributed by atoms with Gasteiger partial charge in [0.2, 0.25) is 0 Å². The molecule has 0 saturated heterocycles. The van der Waals surface area contributed by atoms with Crippen molar-refractivity contribution in [2.45, 2.75) is 6.92 Å². The van der Waals surface area contributed by atoms with Crippen molar-refractivity contribution in [3.8, 4) is 5.82 Å². The standard InChI is InChI=1S/C12H9ClFN5/c1-6-16-7-4-2-3-5-8(7)19(6)11-9(13)10(15)17-12(14)18-11/h2-5H,1H3,(H2,15,17,18). The van der Waals surface area contributed by atoms with E-state index in [1.165, 1.54) is 0 Å². The van der Waals surface area contributed by atoms with Crippen molar-refractivity contribution in [3.05, 3.63) is 41.2 Å². The van der Waals surface area contributed by atoms with Gasteiger partial charge in [-0.15, -0.1) is 0 Å². The molecule has 0 unspecified atom stereocenters. The zero-order valence-electron chi connectivity index (χ0n) is 9.93. The fraction of sp³-hybridized carbons (Fsp3) is 0.0833. The van der Waals surface area contributed by atoms with Crippen molar-refractivity contribution in [1.29, 1.82) is 0 Å². The van der Waals surface area contributed by atoms with Crippen LogP contribution in [0.25, 0.3) is 16.9 Å². The maximum absolute atomic E-state index is 13.3. The van der Waals surface area contributed by atoms with E-state index in [4.69, 9.17) is 17.3 Å². The Kier molecular flexibility index (Phi) is 2.60. The predicted molar refractivity (Wildman–Crippen MR) is 70.8 cm³/mol. The van der Waals surface area contributed by atoms with Gasteiger partial charge in [-0.1, -0.05) is 23.7 Å². The summed E-state index contributed by atoms with van der Waals surface area (Å²) in [7, 11) is 0. The number of nitrogens with two attached hydrogens (primary N) is 1. The second-order valence-corrected chi connectivity index (χ2v) is 4.38. The minimum Gasteiger partial charge on any atom is -0.382 e. The highest BCUT2D eigenvalue weighted by Crippen LogP contribution is 2.27. The van der Waals surface area contributed by atoms with E-state index in [9.17, 15) is 4.39 Å². The molecule has 0 radical (unpaired) electrons. The zero-order chi connectivity index (χ0) is 13.6. The molecular formula is C12H9ClFN5. The molecule has 1 aromatic carbocycles. The molecule has 0 aliphatic heterocycles. The molecule has 0 aliphatic rings. The first-order valence-corrected chi connectivity index (χ1v) is 5.88. The third kappa shape index (κ3) is 1.80. The molecule has 7 heteroatoms. The van der Waals surface area contributed by atoms with Crippen LogP contribution in [0.3, 0.4) is 0 Å². The van der Waals surface area contributed by atoms with Gasteiger partial charge >= 0.3 is 6.08 Å². The second-order valence-electron chi connectivity index (χ2n) is 4.00. The molecule has 0 amide bonds. The van der Waals surface area contributed by atoms with Gasteiger partial charge in [-0.05, 0) is 19.1 Å². The van der Waals surface area contributed by atoms with Crippen LogP contribution in [0.2, 0.25) is 5.02 Å². The highest BCUT2D eigenvalue weighted by molar-refractivity contribution is 6.34. The van der Waals surface area contributed by atoms with E-state index in [-0.39, 0.29) is 16.7 Å². The quantitative estimate of drug-likeness (QED) is 0.694. The highest BCUT2D eigenvalue weighted by Gasteiger charge is 2.17. The largest absolute Gasteiger partial charge is 0.382 e. The fourth-order valence-corrected chi connectivity index (χ4v) is 2.16. The van der Waals surface area contributed by atoms with Crippen molar-refractivity contribution in [2.24, 2.45) is 0 Å². The Morgan fingerprint density at radius 1 is 1.21 bits per heavy atom. The number of rotatable bonds is 1. The molecule has 0 fully saturated rings. The molecule has 3 aromatic rings. The summed E-state index contributed by atoms with van der Waals surface area (Å²) in [5, 5.41) is 0.104. The Bertz CT molecular complexity index is 783. The number of halogens is 2. The van der Waals surface area contributed by atoms with E-state index < -0.39 is 6.08 Å². The van der Waals surface area contributed by atoms with E-state index in [0.29, 0.717) is 5.82 Å². The van der Waals surface area contributed by atoms with E-state index in [2.05, 4.69) is 15.0 Å².